The fourth-order valence-corrected chi connectivity index (χ4v) is 3.78. The highest BCUT2D eigenvalue weighted by Crippen LogP contribution is 2.32. The molecule has 2 aliphatic rings. The number of carbonyl (C=O) groups is 2. The Hall–Kier alpha value is -2.47. The molecule has 0 spiro atoms. The first-order chi connectivity index (χ1) is 16.3. The molecular formula is C22H39F4N6O4+. The van der Waals surface area contributed by atoms with Gasteiger partial charge in [0, 0.05) is 31.8 Å². The van der Waals surface area contributed by atoms with Gasteiger partial charge in [0.25, 0.3) is 11.8 Å². The van der Waals surface area contributed by atoms with E-state index in [0.29, 0.717) is 0 Å². The van der Waals surface area contributed by atoms with E-state index in [1.54, 1.807) is 41.5 Å². The quantitative estimate of drug-likeness (QED) is 0.321. The predicted octanol–water partition coefficient (Wildman–Crippen LogP) is 4.27. The number of ether oxygens (including phenoxy) is 2. The fraction of sp³-hybridized carbons (Fsp3) is 0.909. The summed E-state index contributed by atoms with van der Waals surface area (Å²) < 4.78 is 64.0. The van der Waals surface area contributed by atoms with Gasteiger partial charge < -0.3 is 25.0 Å². The zero-order chi connectivity index (χ0) is 27.9. The first-order valence-electron chi connectivity index (χ1n) is 11.7. The molecule has 2 fully saturated rings. The van der Waals surface area contributed by atoms with Crippen LogP contribution in [0.15, 0.2) is 5.11 Å². The summed E-state index contributed by atoms with van der Waals surface area (Å²) in [6.07, 6.45) is -2.07. The molecule has 2 rings (SSSR count). The summed E-state index contributed by atoms with van der Waals surface area (Å²) in [5.74, 6) is -6.71. The summed E-state index contributed by atoms with van der Waals surface area (Å²) in [6, 6.07) is 0. The van der Waals surface area contributed by atoms with Crippen LogP contribution in [0.2, 0.25) is 0 Å². The van der Waals surface area contributed by atoms with E-state index < -0.39 is 54.2 Å². The molecule has 36 heavy (non-hydrogen) atoms. The van der Waals surface area contributed by atoms with Gasteiger partial charge in [-0.05, 0) is 54.0 Å². The molecule has 2 heterocycles. The van der Waals surface area contributed by atoms with Crippen molar-refractivity contribution in [1.82, 2.24) is 14.7 Å². The first-order valence-corrected chi connectivity index (χ1v) is 11.7. The minimum absolute atomic E-state index is 0.0123. The Labute approximate surface area is 209 Å². The number of rotatable bonds is 3. The second-order valence-electron chi connectivity index (χ2n) is 11.2. The smallest absolute Gasteiger partial charge is 0.410 e. The number of likely N-dealkylation sites (tertiary alicyclic amines) is 2. The molecule has 0 aliphatic carbocycles. The molecule has 2 unspecified atom stereocenters. The van der Waals surface area contributed by atoms with Crippen LogP contribution >= 0.6 is 0 Å². The van der Waals surface area contributed by atoms with E-state index in [1.165, 1.54) is 0 Å². The Kier molecular flexibility index (Phi) is 10.7. The maximum atomic E-state index is 13.6. The molecule has 0 bridgehead atoms. The van der Waals surface area contributed by atoms with Crippen molar-refractivity contribution in [3.05, 3.63) is 0 Å². The highest BCUT2D eigenvalue weighted by Gasteiger charge is 2.44. The fourth-order valence-electron chi connectivity index (χ4n) is 3.78. The number of piperidine rings is 2. The van der Waals surface area contributed by atoms with Gasteiger partial charge in [-0.1, -0.05) is 0 Å². The molecule has 0 saturated carbocycles. The number of nitrogens with zero attached hydrogens (tertiary/aromatic N) is 4. The van der Waals surface area contributed by atoms with Gasteiger partial charge in [0.05, 0.1) is 13.1 Å². The predicted molar refractivity (Wildman–Crippen MR) is 123 cm³/mol. The second-order valence-corrected chi connectivity index (χ2v) is 11.2. The lowest BCUT2D eigenvalue weighted by molar-refractivity contribution is -0.0853. The van der Waals surface area contributed by atoms with Gasteiger partial charge in [0.1, 0.15) is 28.4 Å². The zero-order valence-electron chi connectivity index (χ0n) is 21.8. The summed E-state index contributed by atoms with van der Waals surface area (Å²) in [7, 11) is 0. The van der Waals surface area contributed by atoms with Crippen molar-refractivity contribution in [2.75, 3.05) is 39.3 Å². The molecule has 0 aromatic heterocycles. The minimum atomic E-state index is -2.96. The summed E-state index contributed by atoms with van der Waals surface area (Å²) in [5.41, 5.74) is 10.5. The van der Waals surface area contributed by atoms with E-state index in [1.807, 2.05) is 0 Å². The van der Waals surface area contributed by atoms with Crippen LogP contribution in [0.3, 0.4) is 0 Å². The van der Waals surface area contributed by atoms with Gasteiger partial charge in [-0.3, -0.25) is 0 Å². The van der Waals surface area contributed by atoms with Gasteiger partial charge in [-0.15, -0.1) is 0 Å². The highest BCUT2D eigenvalue weighted by molar-refractivity contribution is 5.68. The summed E-state index contributed by atoms with van der Waals surface area (Å²) in [5, 5.41) is 3.41. The maximum absolute atomic E-state index is 13.6. The lowest BCUT2D eigenvalue weighted by Gasteiger charge is -2.37. The topological polar surface area (TPSA) is 135 Å². The Morgan fingerprint density at radius 3 is 1.67 bits per heavy atom. The normalized spacial score (nSPS) is 23.5. The molecule has 2 saturated heterocycles. The third-order valence-electron chi connectivity index (χ3n) is 5.02. The number of nitrogens with one attached hydrogen (secondary N) is 1. The lowest BCUT2D eigenvalue weighted by atomic mass is 9.95. The Morgan fingerprint density at radius 1 is 0.917 bits per heavy atom. The van der Waals surface area contributed by atoms with Gasteiger partial charge in [0.2, 0.25) is 4.91 Å². The molecule has 0 radical (unpaired) electrons. The number of nitrogens with two attached hydrogens (primary N) is 1. The van der Waals surface area contributed by atoms with E-state index in [0.717, 1.165) is 9.80 Å². The average molecular weight is 528 g/mol. The number of amides is 2. The van der Waals surface area contributed by atoms with Gasteiger partial charge in [0.15, 0.2) is 0 Å². The van der Waals surface area contributed by atoms with E-state index in [9.17, 15) is 27.2 Å². The van der Waals surface area contributed by atoms with Crippen LogP contribution in [0.25, 0.3) is 0 Å². The van der Waals surface area contributed by atoms with E-state index in [-0.39, 0.29) is 44.9 Å². The summed E-state index contributed by atoms with van der Waals surface area (Å²) in [4.78, 5) is 28.3. The van der Waals surface area contributed by atoms with Gasteiger partial charge >= 0.3 is 12.2 Å². The number of hydrogen-bond acceptors (Lipinski definition) is 7. The maximum Gasteiger partial charge on any atom is 0.410 e. The van der Waals surface area contributed by atoms with E-state index in [2.05, 4.69) is 10.0 Å². The average Bonchev–Trinajstić information content (AvgIpc) is 2.67. The Balaban J connectivity index is 0.000000362. The third kappa shape index (κ3) is 12.0. The molecule has 14 heteroatoms. The van der Waals surface area contributed by atoms with Crippen LogP contribution < -0.4 is 10.6 Å². The van der Waals surface area contributed by atoms with Crippen LogP contribution in [0.1, 0.15) is 54.4 Å². The molecule has 2 amide bonds. The highest BCUT2D eigenvalue weighted by atomic mass is 19.3. The first kappa shape index (κ1) is 31.6. The van der Waals surface area contributed by atoms with E-state index >= 15 is 0 Å². The Bertz CT molecular complexity index is 809. The third-order valence-corrected chi connectivity index (χ3v) is 5.02. The van der Waals surface area contributed by atoms with Crippen LogP contribution in [0.5, 0.6) is 0 Å². The molecule has 0 aromatic rings. The molecule has 0 aromatic carbocycles. The molecule has 10 nitrogen and oxygen atoms in total. The van der Waals surface area contributed by atoms with Crippen molar-refractivity contribution in [2.24, 2.45) is 22.7 Å². The molecule has 3 N–H and O–H groups in total. The molecule has 208 valence electrons. The van der Waals surface area contributed by atoms with Crippen LogP contribution in [0.4, 0.5) is 27.2 Å². The number of halogens is 4. The summed E-state index contributed by atoms with van der Waals surface area (Å²) >= 11 is 0. The van der Waals surface area contributed by atoms with Crippen LogP contribution in [-0.2, 0) is 9.47 Å². The van der Waals surface area contributed by atoms with Crippen molar-refractivity contribution in [1.29, 1.82) is 5.53 Å². The SMILES string of the molecule is CC(C)(C)OC(=O)N1CC(CN)CC(F)(F)C1.CC(C)(C)OC(=O)N1CC(CN=[N+]=N)CC(F)(F)C1. The van der Waals surface area contributed by atoms with E-state index in [4.69, 9.17) is 20.7 Å². The van der Waals surface area contributed by atoms with Gasteiger partial charge in [-0.2, -0.15) is 0 Å². The van der Waals surface area contributed by atoms with Crippen LogP contribution in [-0.4, -0.2) is 84.3 Å². The van der Waals surface area contributed by atoms with Crippen molar-refractivity contribution in [2.45, 2.75) is 77.4 Å². The monoisotopic (exact) mass is 527 g/mol. The largest absolute Gasteiger partial charge is 0.444 e. The van der Waals surface area contributed by atoms with Crippen LogP contribution in [0, 0.1) is 17.4 Å². The van der Waals surface area contributed by atoms with Crippen molar-refractivity contribution in [3.63, 3.8) is 0 Å². The van der Waals surface area contributed by atoms with Gasteiger partial charge in [-0.25, -0.2) is 27.2 Å². The number of alkyl halides is 4. The number of hydrogen-bond donors (Lipinski definition) is 2. The van der Waals surface area contributed by atoms with Crippen molar-refractivity contribution in [3.8, 4) is 0 Å². The minimum Gasteiger partial charge on any atom is -0.444 e. The summed E-state index contributed by atoms with van der Waals surface area (Å²) in [6.45, 7) is 9.46. The zero-order valence-corrected chi connectivity index (χ0v) is 21.8. The van der Waals surface area contributed by atoms with Crippen molar-refractivity contribution >= 4 is 12.2 Å². The molecular weight excluding hydrogens is 488 g/mol. The second kappa shape index (κ2) is 12.2. The Morgan fingerprint density at radius 2 is 1.31 bits per heavy atom. The standard InChI is InChI=1S/C11H19F2N4O2.C11H20F2N2O2/c1-10(2,3)19-9(18)17-6-8(5-15-16-14)4-11(12,13)7-17;1-10(2,3)17-9(16)15-6-8(5-14)4-11(12,13)7-15/h8,14H,4-7H2,1-3H3;8H,4-7,14H2,1-3H3/q+1;. The van der Waals surface area contributed by atoms with Crippen molar-refractivity contribution < 1.29 is 36.6 Å². The molecule has 2 atom stereocenters. The molecule has 2 aliphatic heterocycles. The lowest BCUT2D eigenvalue weighted by Crippen LogP contribution is -2.52. The number of carbonyl (C=O) groups excluding carboxylic acids is 2.